The molecule has 9 heteroatoms. The van der Waals surface area contributed by atoms with Gasteiger partial charge in [-0.15, -0.1) is 10.2 Å². The summed E-state index contributed by atoms with van der Waals surface area (Å²) in [6.45, 7) is 0.174. The second-order valence-electron chi connectivity index (χ2n) is 6.49. The van der Waals surface area contributed by atoms with Crippen molar-refractivity contribution in [2.45, 2.75) is 19.0 Å². The van der Waals surface area contributed by atoms with Crippen LogP contribution in [0, 0.1) is 0 Å². The molecule has 0 fully saturated rings. The summed E-state index contributed by atoms with van der Waals surface area (Å²) in [6.07, 6.45) is -3.81. The van der Waals surface area contributed by atoms with Crippen LogP contribution in [0.1, 0.15) is 38.6 Å². The van der Waals surface area contributed by atoms with Crippen molar-refractivity contribution in [2.24, 2.45) is 0 Å². The van der Waals surface area contributed by atoms with Gasteiger partial charge in [-0.3, -0.25) is 14.5 Å². The molecule has 0 bridgehead atoms. The standard InChI is InChI=1S/C20H14F3N3O3/c21-20(22,23)13-6-3-5-12(11-13)17-25-24-16(29-17)9-4-10-26-18(27)14-7-1-2-8-15(14)19(26)28/h1-3,5-8,11H,4,9-10H2. The van der Waals surface area contributed by atoms with E-state index in [2.05, 4.69) is 10.2 Å². The highest BCUT2D eigenvalue weighted by molar-refractivity contribution is 6.21. The minimum Gasteiger partial charge on any atom is -0.421 e. The molecule has 1 aromatic heterocycles. The minimum atomic E-state index is -4.47. The van der Waals surface area contributed by atoms with Crippen molar-refractivity contribution in [3.05, 3.63) is 71.1 Å². The van der Waals surface area contributed by atoms with Crippen molar-refractivity contribution < 1.29 is 27.2 Å². The number of aromatic nitrogens is 2. The number of nitrogens with zero attached hydrogens (tertiary/aromatic N) is 3. The van der Waals surface area contributed by atoms with Crippen LogP contribution in [0.3, 0.4) is 0 Å². The fourth-order valence-electron chi connectivity index (χ4n) is 3.13. The van der Waals surface area contributed by atoms with Crippen molar-refractivity contribution in [3.63, 3.8) is 0 Å². The van der Waals surface area contributed by atoms with Crippen molar-refractivity contribution >= 4 is 11.8 Å². The molecule has 2 aromatic carbocycles. The summed E-state index contributed by atoms with van der Waals surface area (Å²) >= 11 is 0. The molecule has 2 heterocycles. The Morgan fingerprint density at radius 3 is 2.28 bits per heavy atom. The Balaban J connectivity index is 1.40. The number of rotatable bonds is 5. The molecule has 0 N–H and O–H groups in total. The molecule has 3 aromatic rings. The van der Waals surface area contributed by atoms with Gasteiger partial charge in [0, 0.05) is 18.5 Å². The first-order chi connectivity index (χ1) is 13.8. The predicted molar refractivity (Wildman–Crippen MR) is 94.9 cm³/mol. The number of carbonyl (C=O) groups is 2. The molecule has 4 rings (SSSR count). The molecule has 1 aliphatic heterocycles. The van der Waals surface area contributed by atoms with E-state index in [1.165, 1.54) is 12.1 Å². The van der Waals surface area contributed by atoms with Gasteiger partial charge in [0.1, 0.15) is 0 Å². The van der Waals surface area contributed by atoms with Gasteiger partial charge >= 0.3 is 6.18 Å². The fourth-order valence-corrected chi connectivity index (χ4v) is 3.13. The molecule has 0 unspecified atom stereocenters. The maximum atomic E-state index is 12.8. The van der Waals surface area contributed by atoms with Gasteiger partial charge < -0.3 is 4.42 Å². The summed E-state index contributed by atoms with van der Waals surface area (Å²) in [5.74, 6) is -0.498. The predicted octanol–water partition coefficient (Wildman–Crippen LogP) is 3.98. The highest BCUT2D eigenvalue weighted by Gasteiger charge is 2.34. The summed E-state index contributed by atoms with van der Waals surface area (Å²) in [6, 6.07) is 11.2. The van der Waals surface area contributed by atoms with Crippen LogP contribution >= 0.6 is 0 Å². The Hall–Kier alpha value is -3.49. The highest BCUT2D eigenvalue weighted by atomic mass is 19.4. The Labute approximate surface area is 163 Å². The molecule has 2 amide bonds. The summed E-state index contributed by atoms with van der Waals surface area (Å²) in [4.78, 5) is 25.8. The number of hydrogen-bond acceptors (Lipinski definition) is 5. The first-order valence-corrected chi connectivity index (χ1v) is 8.80. The third kappa shape index (κ3) is 3.63. The molecule has 148 valence electrons. The average molecular weight is 401 g/mol. The lowest BCUT2D eigenvalue weighted by Gasteiger charge is -2.12. The number of benzene rings is 2. The van der Waals surface area contributed by atoms with Crippen LogP contribution in [0.5, 0.6) is 0 Å². The molecule has 0 atom stereocenters. The molecule has 0 spiro atoms. The molecule has 0 saturated heterocycles. The van der Waals surface area contributed by atoms with Gasteiger partial charge in [-0.05, 0) is 36.8 Å². The second kappa shape index (κ2) is 7.16. The molecular formula is C20H14F3N3O3. The number of imide groups is 1. The number of halogens is 3. The van der Waals surface area contributed by atoms with Gasteiger partial charge in [-0.1, -0.05) is 18.2 Å². The molecule has 1 aliphatic rings. The van der Waals surface area contributed by atoms with Gasteiger partial charge in [-0.2, -0.15) is 13.2 Å². The molecule has 0 radical (unpaired) electrons. The maximum Gasteiger partial charge on any atom is 0.416 e. The highest BCUT2D eigenvalue weighted by Crippen LogP contribution is 2.32. The largest absolute Gasteiger partial charge is 0.421 e. The van der Waals surface area contributed by atoms with E-state index >= 15 is 0 Å². The Morgan fingerprint density at radius 2 is 1.62 bits per heavy atom. The van der Waals surface area contributed by atoms with E-state index in [1.54, 1.807) is 24.3 Å². The maximum absolute atomic E-state index is 12.8. The lowest BCUT2D eigenvalue weighted by molar-refractivity contribution is -0.137. The van der Waals surface area contributed by atoms with Crippen LogP contribution in [0.2, 0.25) is 0 Å². The number of alkyl halides is 3. The lowest BCUT2D eigenvalue weighted by Crippen LogP contribution is -2.30. The average Bonchev–Trinajstić information content (AvgIpc) is 3.27. The first kappa shape index (κ1) is 18.9. The zero-order chi connectivity index (χ0) is 20.6. The summed E-state index contributed by atoms with van der Waals surface area (Å²) < 4.78 is 44.0. The van der Waals surface area contributed by atoms with E-state index in [0.29, 0.717) is 17.5 Å². The third-order valence-corrected chi connectivity index (χ3v) is 4.55. The molecule has 6 nitrogen and oxygen atoms in total. The summed E-state index contributed by atoms with van der Waals surface area (Å²) in [5, 5.41) is 7.63. The number of aryl methyl sites for hydroxylation is 1. The Kier molecular flexibility index (Phi) is 4.65. The zero-order valence-electron chi connectivity index (χ0n) is 14.9. The van der Waals surface area contributed by atoms with Gasteiger partial charge in [0.25, 0.3) is 11.8 Å². The van der Waals surface area contributed by atoms with Crippen LogP contribution in [0.25, 0.3) is 11.5 Å². The van der Waals surface area contributed by atoms with Crippen LogP contribution in [-0.2, 0) is 12.6 Å². The smallest absolute Gasteiger partial charge is 0.416 e. The van der Waals surface area contributed by atoms with Crippen molar-refractivity contribution in [2.75, 3.05) is 6.54 Å². The Morgan fingerprint density at radius 1 is 0.931 bits per heavy atom. The number of hydrogen-bond donors (Lipinski definition) is 0. The second-order valence-corrected chi connectivity index (χ2v) is 6.49. The number of amides is 2. The molecular weight excluding hydrogens is 387 g/mol. The third-order valence-electron chi connectivity index (χ3n) is 4.55. The number of fused-ring (bicyclic) bond motifs is 1. The monoisotopic (exact) mass is 401 g/mol. The quantitative estimate of drug-likeness (QED) is 0.605. The molecule has 0 saturated carbocycles. The molecule has 29 heavy (non-hydrogen) atoms. The SMILES string of the molecule is O=C1c2ccccc2C(=O)N1CCCc1nnc(-c2cccc(C(F)(F)F)c2)o1. The van der Waals surface area contributed by atoms with Gasteiger partial charge in [0.2, 0.25) is 11.8 Å². The topological polar surface area (TPSA) is 76.3 Å². The number of carbonyl (C=O) groups excluding carboxylic acids is 2. The Bertz CT molecular complexity index is 1060. The minimum absolute atomic E-state index is 0.0215. The van der Waals surface area contributed by atoms with Gasteiger partial charge in [0.15, 0.2) is 0 Å². The van der Waals surface area contributed by atoms with E-state index in [9.17, 15) is 22.8 Å². The normalized spacial score (nSPS) is 13.8. The van der Waals surface area contributed by atoms with E-state index in [4.69, 9.17) is 4.42 Å². The zero-order valence-corrected chi connectivity index (χ0v) is 14.9. The molecule has 0 aliphatic carbocycles. The summed E-state index contributed by atoms with van der Waals surface area (Å²) in [5.41, 5.74) is 0.114. The van der Waals surface area contributed by atoms with E-state index < -0.39 is 11.7 Å². The van der Waals surface area contributed by atoms with Gasteiger partial charge in [0.05, 0.1) is 16.7 Å². The van der Waals surface area contributed by atoms with Gasteiger partial charge in [-0.25, -0.2) is 0 Å². The van der Waals surface area contributed by atoms with Crippen molar-refractivity contribution in [1.82, 2.24) is 15.1 Å². The first-order valence-electron chi connectivity index (χ1n) is 8.80. The fraction of sp³-hybridized carbons (Fsp3) is 0.200. The van der Waals surface area contributed by atoms with Crippen LogP contribution < -0.4 is 0 Å². The van der Waals surface area contributed by atoms with E-state index in [-0.39, 0.29) is 42.1 Å². The summed E-state index contributed by atoms with van der Waals surface area (Å²) in [7, 11) is 0. The van der Waals surface area contributed by atoms with Crippen molar-refractivity contribution in [1.29, 1.82) is 0 Å². The van der Waals surface area contributed by atoms with Crippen LogP contribution in [-0.4, -0.2) is 33.5 Å². The van der Waals surface area contributed by atoms with Crippen LogP contribution in [0.4, 0.5) is 13.2 Å². The van der Waals surface area contributed by atoms with Crippen molar-refractivity contribution in [3.8, 4) is 11.5 Å². The van der Waals surface area contributed by atoms with Crippen LogP contribution in [0.15, 0.2) is 52.9 Å². The lowest BCUT2D eigenvalue weighted by atomic mass is 10.1. The van der Waals surface area contributed by atoms with E-state index in [0.717, 1.165) is 17.0 Å². The van der Waals surface area contributed by atoms with E-state index in [1.807, 2.05) is 0 Å².